The summed E-state index contributed by atoms with van der Waals surface area (Å²) in [5.74, 6) is 1.28. The molecule has 0 bridgehead atoms. The van der Waals surface area contributed by atoms with E-state index in [1.54, 1.807) is 31.0 Å². The lowest BCUT2D eigenvalue weighted by atomic mass is 10.2. The summed E-state index contributed by atoms with van der Waals surface area (Å²) >= 11 is 1.69. The molecule has 33 heavy (non-hydrogen) atoms. The Balaban J connectivity index is 1.46. The molecule has 168 valence electrons. The fourth-order valence-electron chi connectivity index (χ4n) is 3.29. The Labute approximate surface area is 197 Å². The highest BCUT2D eigenvalue weighted by Crippen LogP contribution is 2.26. The Morgan fingerprint density at radius 3 is 2.30 bits per heavy atom. The lowest BCUT2D eigenvalue weighted by Crippen LogP contribution is -2.09. The molecule has 1 heterocycles. The van der Waals surface area contributed by atoms with Gasteiger partial charge in [-0.1, -0.05) is 65.9 Å². The van der Waals surface area contributed by atoms with Crippen LogP contribution in [0.4, 0.5) is 0 Å². The van der Waals surface area contributed by atoms with Crippen molar-refractivity contribution in [1.82, 2.24) is 15.0 Å². The average Bonchev–Trinajstić information content (AvgIpc) is 3.25. The maximum atomic E-state index is 12.3. The minimum atomic E-state index is -0.334. The number of esters is 1. The molecule has 0 radical (unpaired) electrons. The number of carbonyl (C=O) groups excluding carboxylic acids is 1. The van der Waals surface area contributed by atoms with Crippen molar-refractivity contribution >= 4 is 17.7 Å². The number of hydrogen-bond acceptors (Lipinski definition) is 6. The van der Waals surface area contributed by atoms with Gasteiger partial charge < -0.3 is 9.47 Å². The Morgan fingerprint density at radius 1 is 0.909 bits per heavy atom. The van der Waals surface area contributed by atoms with E-state index < -0.39 is 0 Å². The van der Waals surface area contributed by atoms with E-state index in [9.17, 15) is 4.79 Å². The molecule has 0 N–H and O–H groups in total. The second kappa shape index (κ2) is 11.3. The highest BCUT2D eigenvalue weighted by atomic mass is 32.2. The van der Waals surface area contributed by atoms with Crippen LogP contribution in [0.1, 0.15) is 27.2 Å². The van der Waals surface area contributed by atoms with E-state index in [1.165, 1.54) is 5.56 Å². The van der Waals surface area contributed by atoms with Crippen molar-refractivity contribution in [2.75, 3.05) is 13.7 Å². The zero-order valence-corrected chi connectivity index (χ0v) is 19.2. The molecule has 7 heteroatoms. The quantitative estimate of drug-likeness (QED) is 0.245. The molecule has 0 fully saturated rings. The first kappa shape index (κ1) is 22.6. The Morgan fingerprint density at radius 2 is 1.61 bits per heavy atom. The number of benzene rings is 3. The highest BCUT2D eigenvalue weighted by Gasteiger charge is 2.16. The summed E-state index contributed by atoms with van der Waals surface area (Å²) in [6.07, 6.45) is 0.498. The van der Waals surface area contributed by atoms with Gasteiger partial charge in [0.15, 0.2) is 0 Å². The molecule has 0 saturated carbocycles. The van der Waals surface area contributed by atoms with Crippen LogP contribution in [0, 0.1) is 0 Å². The Kier molecular flexibility index (Phi) is 7.76. The van der Waals surface area contributed by atoms with Gasteiger partial charge in [-0.2, -0.15) is 0 Å². The summed E-state index contributed by atoms with van der Waals surface area (Å²) in [6.45, 7) is 0.839. The molecule has 0 unspecified atom stereocenters. The minimum absolute atomic E-state index is 0.244. The average molecular weight is 460 g/mol. The van der Waals surface area contributed by atoms with Gasteiger partial charge in [-0.15, -0.1) is 16.9 Å². The largest absolute Gasteiger partial charge is 0.497 e. The number of rotatable bonds is 10. The number of ether oxygens (including phenoxy) is 2. The van der Waals surface area contributed by atoms with Crippen LogP contribution in [-0.2, 0) is 23.5 Å². The second-order valence-corrected chi connectivity index (χ2v) is 8.34. The van der Waals surface area contributed by atoms with Crippen LogP contribution in [-0.4, -0.2) is 34.7 Å². The van der Waals surface area contributed by atoms with E-state index in [4.69, 9.17) is 9.47 Å². The van der Waals surface area contributed by atoms with Crippen LogP contribution in [0.15, 0.2) is 90.0 Å². The summed E-state index contributed by atoms with van der Waals surface area (Å²) in [5, 5.41) is 9.78. The molecule has 0 aliphatic heterocycles. The SMILES string of the molecule is COc1ccc(Cn2nnc(CCOC(=O)c3ccccc3)c2SCc2ccccc2)cc1. The fraction of sp³-hybridized carbons (Fsp3) is 0.192. The van der Waals surface area contributed by atoms with Crippen molar-refractivity contribution in [1.29, 1.82) is 0 Å². The summed E-state index contributed by atoms with van der Waals surface area (Å²) in [4.78, 5) is 12.3. The van der Waals surface area contributed by atoms with Gasteiger partial charge in [-0.25, -0.2) is 9.48 Å². The second-order valence-electron chi connectivity index (χ2n) is 7.37. The maximum Gasteiger partial charge on any atom is 0.338 e. The summed E-state index contributed by atoms with van der Waals surface area (Å²) < 4.78 is 12.6. The van der Waals surface area contributed by atoms with E-state index in [0.717, 1.165) is 27.8 Å². The molecule has 0 atom stereocenters. The first-order valence-corrected chi connectivity index (χ1v) is 11.7. The first-order valence-electron chi connectivity index (χ1n) is 10.7. The third-order valence-electron chi connectivity index (χ3n) is 5.05. The zero-order valence-electron chi connectivity index (χ0n) is 18.4. The molecule has 1 aromatic heterocycles. The predicted octanol–water partition coefficient (Wildman–Crippen LogP) is 5.03. The third kappa shape index (κ3) is 6.23. The van der Waals surface area contributed by atoms with Crippen molar-refractivity contribution in [3.63, 3.8) is 0 Å². The van der Waals surface area contributed by atoms with Crippen LogP contribution < -0.4 is 4.74 Å². The molecule has 3 aromatic carbocycles. The van der Waals surface area contributed by atoms with Crippen molar-refractivity contribution in [2.24, 2.45) is 0 Å². The number of thioether (sulfide) groups is 1. The van der Waals surface area contributed by atoms with Crippen molar-refractivity contribution < 1.29 is 14.3 Å². The smallest absolute Gasteiger partial charge is 0.338 e. The van der Waals surface area contributed by atoms with E-state index in [1.807, 2.05) is 65.3 Å². The normalized spacial score (nSPS) is 10.7. The molecule has 0 aliphatic rings. The summed E-state index contributed by atoms with van der Waals surface area (Å²) in [7, 11) is 1.65. The van der Waals surface area contributed by atoms with E-state index in [-0.39, 0.29) is 12.6 Å². The van der Waals surface area contributed by atoms with E-state index >= 15 is 0 Å². The number of hydrogen-bond donors (Lipinski definition) is 0. The molecular weight excluding hydrogens is 434 g/mol. The van der Waals surface area contributed by atoms with Crippen LogP contribution in [0.25, 0.3) is 0 Å². The number of aromatic nitrogens is 3. The first-order chi connectivity index (χ1) is 16.2. The van der Waals surface area contributed by atoms with Gasteiger partial charge in [0.2, 0.25) is 0 Å². The standard InChI is InChI=1S/C26H25N3O3S/c1-31-23-14-12-20(13-15-23)18-29-25(33-19-21-8-4-2-5-9-21)24(27-28-29)16-17-32-26(30)22-10-6-3-7-11-22/h2-15H,16-19H2,1H3. The van der Waals surface area contributed by atoms with Gasteiger partial charge in [-0.3, -0.25) is 0 Å². The Hall–Kier alpha value is -3.58. The van der Waals surface area contributed by atoms with Crippen LogP contribution in [0.5, 0.6) is 5.75 Å². The maximum absolute atomic E-state index is 12.3. The summed E-state index contributed by atoms with van der Waals surface area (Å²) in [5.41, 5.74) is 3.69. The molecule has 0 aliphatic carbocycles. The van der Waals surface area contributed by atoms with Crippen molar-refractivity contribution in [2.45, 2.75) is 23.7 Å². The third-order valence-corrected chi connectivity index (χ3v) is 6.24. The van der Waals surface area contributed by atoms with Crippen LogP contribution in [0.2, 0.25) is 0 Å². The molecule has 6 nitrogen and oxygen atoms in total. The zero-order chi connectivity index (χ0) is 22.9. The van der Waals surface area contributed by atoms with Crippen molar-refractivity contribution in [3.05, 3.63) is 107 Å². The van der Waals surface area contributed by atoms with Crippen LogP contribution in [0.3, 0.4) is 0 Å². The topological polar surface area (TPSA) is 66.2 Å². The van der Waals surface area contributed by atoms with E-state index in [0.29, 0.717) is 18.5 Å². The molecule has 0 spiro atoms. The van der Waals surface area contributed by atoms with Gasteiger partial charge in [0.1, 0.15) is 10.8 Å². The van der Waals surface area contributed by atoms with Gasteiger partial charge >= 0.3 is 5.97 Å². The summed E-state index contributed by atoms with van der Waals surface area (Å²) in [6, 6.07) is 27.2. The predicted molar refractivity (Wildman–Crippen MR) is 129 cm³/mol. The fourth-order valence-corrected chi connectivity index (χ4v) is 4.34. The van der Waals surface area contributed by atoms with Crippen molar-refractivity contribution in [3.8, 4) is 5.75 Å². The Bertz CT molecular complexity index is 1160. The van der Waals surface area contributed by atoms with Gasteiger partial charge in [0.05, 0.1) is 31.5 Å². The number of nitrogens with zero attached hydrogens (tertiary/aromatic N) is 3. The molecule has 0 amide bonds. The molecular formula is C26H25N3O3S. The van der Waals surface area contributed by atoms with Gasteiger partial charge in [-0.05, 0) is 35.4 Å². The monoisotopic (exact) mass is 459 g/mol. The number of methoxy groups -OCH3 is 1. The molecule has 0 saturated heterocycles. The molecule has 4 rings (SSSR count). The number of carbonyl (C=O) groups is 1. The van der Waals surface area contributed by atoms with Crippen LogP contribution >= 0.6 is 11.8 Å². The lowest BCUT2D eigenvalue weighted by molar-refractivity contribution is 0.0508. The molecule has 4 aromatic rings. The van der Waals surface area contributed by atoms with Gasteiger partial charge in [0, 0.05) is 12.2 Å². The lowest BCUT2D eigenvalue weighted by Gasteiger charge is -2.09. The van der Waals surface area contributed by atoms with Gasteiger partial charge in [0.25, 0.3) is 0 Å². The minimum Gasteiger partial charge on any atom is -0.497 e. The van der Waals surface area contributed by atoms with E-state index in [2.05, 4.69) is 22.4 Å². The highest BCUT2D eigenvalue weighted by molar-refractivity contribution is 7.98.